The van der Waals surface area contributed by atoms with Crippen LogP contribution in [0, 0.1) is 5.82 Å². The number of aliphatic carboxylic acids is 1. The highest BCUT2D eigenvalue weighted by Gasteiger charge is 2.12. The first-order valence-electron chi connectivity index (χ1n) is 5.06. The lowest BCUT2D eigenvalue weighted by Crippen LogP contribution is -2.34. The van der Waals surface area contributed by atoms with Crippen LogP contribution in [-0.2, 0) is 4.79 Å². The third-order valence-corrected chi connectivity index (χ3v) is 2.73. The van der Waals surface area contributed by atoms with Crippen molar-refractivity contribution in [3.8, 4) is 0 Å². The van der Waals surface area contributed by atoms with Gasteiger partial charge < -0.3 is 15.7 Å². The Labute approximate surface area is 104 Å². The maximum atomic E-state index is 12.9. The summed E-state index contributed by atoms with van der Waals surface area (Å²) in [6, 6.07) is 3.44. The molecule has 0 heterocycles. The van der Waals surface area contributed by atoms with Gasteiger partial charge in [-0.05, 0) is 24.6 Å². The van der Waals surface area contributed by atoms with E-state index in [-0.39, 0.29) is 5.02 Å². The molecule has 94 valence electrons. The number of carboxylic acids is 1. The van der Waals surface area contributed by atoms with E-state index in [2.05, 4.69) is 0 Å². The van der Waals surface area contributed by atoms with Crippen LogP contribution >= 0.6 is 11.6 Å². The van der Waals surface area contributed by atoms with E-state index >= 15 is 0 Å². The highest BCUT2D eigenvalue weighted by molar-refractivity contribution is 6.31. The number of rotatable bonds is 5. The van der Waals surface area contributed by atoms with Gasteiger partial charge in [-0.1, -0.05) is 11.6 Å². The van der Waals surface area contributed by atoms with Crippen molar-refractivity contribution >= 4 is 23.3 Å². The van der Waals surface area contributed by atoms with Gasteiger partial charge >= 0.3 is 5.97 Å². The fraction of sp³-hybridized carbons (Fsp3) is 0.364. The van der Waals surface area contributed by atoms with E-state index in [0.717, 1.165) is 0 Å². The highest BCUT2D eigenvalue weighted by atomic mass is 35.5. The molecular weight excluding hydrogens is 247 g/mol. The van der Waals surface area contributed by atoms with E-state index in [4.69, 9.17) is 22.4 Å². The molecule has 1 atom stereocenters. The van der Waals surface area contributed by atoms with E-state index in [9.17, 15) is 9.18 Å². The molecule has 6 heteroatoms. The molecule has 4 nitrogen and oxygen atoms in total. The number of nitrogens with two attached hydrogens (primary N) is 1. The predicted molar refractivity (Wildman–Crippen MR) is 64.9 cm³/mol. The van der Waals surface area contributed by atoms with Gasteiger partial charge in [0.25, 0.3) is 0 Å². The first kappa shape index (κ1) is 13.7. The van der Waals surface area contributed by atoms with Crippen LogP contribution in [0.5, 0.6) is 0 Å². The summed E-state index contributed by atoms with van der Waals surface area (Å²) in [6.45, 7) is 0.454. The molecule has 17 heavy (non-hydrogen) atoms. The van der Waals surface area contributed by atoms with Gasteiger partial charge in [-0.25, -0.2) is 4.39 Å². The number of anilines is 1. The Morgan fingerprint density at radius 1 is 1.65 bits per heavy atom. The first-order chi connectivity index (χ1) is 7.91. The van der Waals surface area contributed by atoms with E-state index in [1.807, 2.05) is 0 Å². The van der Waals surface area contributed by atoms with Gasteiger partial charge in [0.1, 0.15) is 11.9 Å². The summed E-state index contributed by atoms with van der Waals surface area (Å²) in [6.07, 6.45) is 0.306. The summed E-state index contributed by atoms with van der Waals surface area (Å²) in [7, 11) is 1.76. The molecule has 0 aromatic heterocycles. The Balaban J connectivity index is 2.60. The maximum Gasteiger partial charge on any atom is 0.320 e. The fourth-order valence-corrected chi connectivity index (χ4v) is 1.48. The quantitative estimate of drug-likeness (QED) is 0.846. The number of nitrogens with zero attached hydrogens (tertiary/aromatic N) is 1. The lowest BCUT2D eigenvalue weighted by atomic mass is 10.2. The zero-order chi connectivity index (χ0) is 13.0. The molecule has 1 rings (SSSR count). The average molecular weight is 261 g/mol. The Hall–Kier alpha value is -1.33. The normalized spacial score (nSPS) is 12.2. The molecule has 0 spiro atoms. The number of hydrogen-bond donors (Lipinski definition) is 2. The Bertz CT molecular complexity index is 414. The maximum absolute atomic E-state index is 12.9. The van der Waals surface area contributed by atoms with Crippen LogP contribution in [0.25, 0.3) is 0 Å². The average Bonchev–Trinajstić information content (AvgIpc) is 2.28. The summed E-state index contributed by atoms with van der Waals surface area (Å²) in [5.74, 6) is -1.51. The topological polar surface area (TPSA) is 66.6 Å². The second kappa shape index (κ2) is 5.84. The number of halogens is 2. The van der Waals surface area contributed by atoms with Crippen molar-refractivity contribution in [2.75, 3.05) is 18.5 Å². The largest absolute Gasteiger partial charge is 0.480 e. The third-order valence-electron chi connectivity index (χ3n) is 2.44. The Morgan fingerprint density at radius 2 is 2.29 bits per heavy atom. The van der Waals surface area contributed by atoms with Gasteiger partial charge in [0.05, 0.1) is 5.02 Å². The van der Waals surface area contributed by atoms with Crippen molar-refractivity contribution in [3.63, 3.8) is 0 Å². The van der Waals surface area contributed by atoms with Gasteiger partial charge in [-0.15, -0.1) is 0 Å². The van der Waals surface area contributed by atoms with Gasteiger partial charge in [0.2, 0.25) is 0 Å². The highest BCUT2D eigenvalue weighted by Crippen LogP contribution is 2.21. The standard InChI is InChI=1S/C11H14ClFN2O2/c1-15(5-4-10(14)11(16)17)7-2-3-9(13)8(12)6-7/h2-3,6,10H,4-5,14H2,1H3,(H,16,17). The van der Waals surface area contributed by atoms with Crippen LogP contribution in [0.3, 0.4) is 0 Å². The number of hydrogen-bond acceptors (Lipinski definition) is 3. The van der Waals surface area contributed by atoms with Crippen molar-refractivity contribution in [2.45, 2.75) is 12.5 Å². The second-order valence-corrected chi connectivity index (χ2v) is 4.16. The van der Waals surface area contributed by atoms with Gasteiger partial charge in [0.15, 0.2) is 0 Å². The minimum absolute atomic E-state index is 0.0388. The lowest BCUT2D eigenvalue weighted by molar-refractivity contribution is -0.138. The van der Waals surface area contributed by atoms with Crippen LogP contribution in [0.2, 0.25) is 5.02 Å². The van der Waals surface area contributed by atoms with Crippen LogP contribution in [-0.4, -0.2) is 30.7 Å². The molecule has 1 aromatic rings. The molecule has 0 amide bonds. The molecule has 0 bridgehead atoms. The van der Waals surface area contributed by atoms with Crippen molar-refractivity contribution in [1.82, 2.24) is 0 Å². The van der Waals surface area contributed by atoms with E-state index in [0.29, 0.717) is 18.7 Å². The zero-order valence-electron chi connectivity index (χ0n) is 9.36. The summed E-state index contributed by atoms with van der Waals surface area (Å²) >= 11 is 5.65. The predicted octanol–water partition coefficient (Wildman–Crippen LogP) is 1.72. The minimum atomic E-state index is -1.03. The van der Waals surface area contributed by atoms with E-state index in [1.165, 1.54) is 12.1 Å². The van der Waals surface area contributed by atoms with Crippen LogP contribution in [0.1, 0.15) is 6.42 Å². The SMILES string of the molecule is CN(CCC(N)C(=O)O)c1ccc(F)c(Cl)c1. The molecule has 0 aliphatic carbocycles. The van der Waals surface area contributed by atoms with Crippen molar-refractivity contribution < 1.29 is 14.3 Å². The summed E-state index contributed by atoms with van der Waals surface area (Å²) in [5, 5.41) is 8.67. The Kier molecular flexibility index (Phi) is 4.72. The zero-order valence-corrected chi connectivity index (χ0v) is 10.1. The van der Waals surface area contributed by atoms with Crippen LogP contribution < -0.4 is 10.6 Å². The molecular formula is C11H14ClFN2O2. The molecule has 0 fully saturated rings. The fourth-order valence-electron chi connectivity index (χ4n) is 1.31. The number of benzene rings is 1. The monoisotopic (exact) mass is 260 g/mol. The molecule has 1 unspecified atom stereocenters. The summed E-state index contributed by atoms with van der Waals surface area (Å²) in [5.41, 5.74) is 6.10. The number of carboxylic acid groups (broad SMARTS) is 1. The molecule has 0 saturated heterocycles. The van der Waals surface area contributed by atoms with Crippen molar-refractivity contribution in [1.29, 1.82) is 0 Å². The van der Waals surface area contributed by atoms with Gasteiger partial charge in [-0.3, -0.25) is 4.79 Å². The molecule has 0 radical (unpaired) electrons. The summed E-state index contributed by atoms with van der Waals surface area (Å²) < 4.78 is 12.9. The van der Waals surface area contributed by atoms with Gasteiger partial charge in [-0.2, -0.15) is 0 Å². The molecule has 0 saturated carbocycles. The first-order valence-corrected chi connectivity index (χ1v) is 5.44. The minimum Gasteiger partial charge on any atom is -0.480 e. The smallest absolute Gasteiger partial charge is 0.320 e. The molecule has 0 aliphatic heterocycles. The van der Waals surface area contributed by atoms with Crippen molar-refractivity contribution in [2.24, 2.45) is 5.73 Å². The summed E-state index contributed by atoms with van der Waals surface area (Å²) in [4.78, 5) is 12.3. The molecule has 0 aliphatic rings. The molecule has 1 aromatic carbocycles. The van der Waals surface area contributed by atoms with Gasteiger partial charge in [0, 0.05) is 19.3 Å². The Morgan fingerprint density at radius 3 is 2.82 bits per heavy atom. The van der Waals surface area contributed by atoms with Crippen molar-refractivity contribution in [3.05, 3.63) is 29.0 Å². The van der Waals surface area contributed by atoms with Crippen LogP contribution in [0.4, 0.5) is 10.1 Å². The molecule has 3 N–H and O–H groups in total. The van der Waals surface area contributed by atoms with E-state index < -0.39 is 17.8 Å². The lowest BCUT2D eigenvalue weighted by Gasteiger charge is -2.20. The van der Waals surface area contributed by atoms with E-state index in [1.54, 1.807) is 18.0 Å². The third kappa shape index (κ3) is 3.87. The second-order valence-electron chi connectivity index (χ2n) is 3.75. The van der Waals surface area contributed by atoms with Crippen LogP contribution in [0.15, 0.2) is 18.2 Å². The number of carbonyl (C=O) groups is 1.